The number of hydrogen-bond donors (Lipinski definition) is 2. The third kappa shape index (κ3) is 3.75. The Morgan fingerprint density at radius 1 is 1.00 bits per heavy atom. The van der Waals surface area contributed by atoms with Gasteiger partial charge in [-0.1, -0.05) is 32.9 Å². The molecule has 1 aromatic carbocycles. The molecule has 1 saturated carbocycles. The van der Waals surface area contributed by atoms with Gasteiger partial charge in [-0.3, -0.25) is 0 Å². The summed E-state index contributed by atoms with van der Waals surface area (Å²) in [6, 6.07) is 11.1. The van der Waals surface area contributed by atoms with Gasteiger partial charge in [-0.2, -0.15) is 0 Å². The molecule has 3 rings (SSSR count). The normalized spacial score (nSPS) is 14.7. The molecule has 1 aromatic heterocycles. The van der Waals surface area contributed by atoms with Crippen molar-refractivity contribution in [2.75, 3.05) is 10.6 Å². The van der Waals surface area contributed by atoms with E-state index in [1.165, 1.54) is 18.4 Å². The summed E-state index contributed by atoms with van der Waals surface area (Å²) in [6.45, 7) is 8.59. The van der Waals surface area contributed by atoms with Crippen molar-refractivity contribution in [3.63, 3.8) is 0 Å². The SMILES string of the molecule is Cc1nc(Nc2ccc(C(C)(C)C)cc2)cc(NC2CC2)n1. The molecule has 0 amide bonds. The van der Waals surface area contributed by atoms with Crippen LogP contribution in [0.5, 0.6) is 0 Å². The van der Waals surface area contributed by atoms with Crippen molar-refractivity contribution >= 4 is 17.3 Å². The molecule has 0 radical (unpaired) electrons. The molecule has 0 aliphatic heterocycles. The molecule has 1 aliphatic rings. The summed E-state index contributed by atoms with van der Waals surface area (Å²) in [5.41, 5.74) is 2.54. The Morgan fingerprint density at radius 2 is 1.64 bits per heavy atom. The molecule has 22 heavy (non-hydrogen) atoms. The van der Waals surface area contributed by atoms with E-state index in [0.717, 1.165) is 23.1 Å². The van der Waals surface area contributed by atoms with Crippen LogP contribution in [0.2, 0.25) is 0 Å². The second kappa shape index (κ2) is 5.59. The quantitative estimate of drug-likeness (QED) is 0.878. The van der Waals surface area contributed by atoms with Gasteiger partial charge in [0.1, 0.15) is 17.5 Å². The topological polar surface area (TPSA) is 49.8 Å². The van der Waals surface area contributed by atoms with Crippen LogP contribution in [0.25, 0.3) is 0 Å². The Morgan fingerprint density at radius 3 is 2.23 bits per heavy atom. The lowest BCUT2D eigenvalue weighted by Gasteiger charge is -2.19. The molecule has 1 aliphatic carbocycles. The predicted octanol–water partition coefficient (Wildman–Crippen LogP) is 4.40. The Balaban J connectivity index is 1.75. The molecule has 0 spiro atoms. The van der Waals surface area contributed by atoms with Gasteiger partial charge < -0.3 is 10.6 Å². The maximum absolute atomic E-state index is 4.47. The Hall–Kier alpha value is -2.10. The highest BCUT2D eigenvalue weighted by Gasteiger charge is 2.21. The number of hydrogen-bond acceptors (Lipinski definition) is 4. The molecule has 4 nitrogen and oxygen atoms in total. The molecule has 1 fully saturated rings. The fraction of sp³-hybridized carbons (Fsp3) is 0.444. The Labute approximate surface area is 132 Å². The van der Waals surface area contributed by atoms with Crippen LogP contribution in [0.4, 0.5) is 17.3 Å². The summed E-state index contributed by atoms with van der Waals surface area (Å²) in [5.74, 6) is 2.52. The summed E-state index contributed by atoms with van der Waals surface area (Å²) in [5, 5.41) is 6.79. The van der Waals surface area contributed by atoms with Crippen molar-refractivity contribution in [1.29, 1.82) is 0 Å². The smallest absolute Gasteiger partial charge is 0.136 e. The highest BCUT2D eigenvalue weighted by atomic mass is 15.1. The van der Waals surface area contributed by atoms with E-state index in [1.807, 2.05) is 13.0 Å². The number of benzene rings is 1. The van der Waals surface area contributed by atoms with E-state index in [0.29, 0.717) is 6.04 Å². The molecule has 2 aromatic rings. The standard InChI is InChI=1S/C18H24N4/c1-12-19-16(11-17(20-12)22-15-9-10-15)21-14-7-5-13(6-8-14)18(2,3)4/h5-8,11,15H,9-10H2,1-4H3,(H2,19,20,21,22). The van der Waals surface area contributed by atoms with Crippen LogP contribution in [0.15, 0.2) is 30.3 Å². The molecule has 0 bridgehead atoms. The summed E-state index contributed by atoms with van der Waals surface area (Å²) < 4.78 is 0. The molecule has 2 N–H and O–H groups in total. The molecule has 0 unspecified atom stereocenters. The minimum absolute atomic E-state index is 0.172. The lowest BCUT2D eigenvalue weighted by molar-refractivity contribution is 0.590. The lowest BCUT2D eigenvalue weighted by Crippen LogP contribution is -2.10. The maximum atomic E-state index is 4.47. The van der Waals surface area contributed by atoms with E-state index in [9.17, 15) is 0 Å². The third-order valence-electron chi connectivity index (χ3n) is 3.79. The van der Waals surface area contributed by atoms with Crippen LogP contribution >= 0.6 is 0 Å². The molecule has 4 heteroatoms. The monoisotopic (exact) mass is 296 g/mol. The van der Waals surface area contributed by atoms with E-state index in [-0.39, 0.29) is 5.41 Å². The molecular formula is C18H24N4. The molecule has 1 heterocycles. The number of aromatic nitrogens is 2. The molecular weight excluding hydrogens is 272 g/mol. The van der Waals surface area contributed by atoms with Gasteiger partial charge in [0.25, 0.3) is 0 Å². The lowest BCUT2D eigenvalue weighted by atomic mass is 9.87. The summed E-state index contributed by atoms with van der Waals surface area (Å²) in [7, 11) is 0. The average molecular weight is 296 g/mol. The third-order valence-corrected chi connectivity index (χ3v) is 3.79. The van der Waals surface area contributed by atoms with Gasteiger partial charge in [0.2, 0.25) is 0 Å². The largest absolute Gasteiger partial charge is 0.367 e. The first-order chi connectivity index (χ1) is 10.4. The van der Waals surface area contributed by atoms with Crippen molar-refractivity contribution in [1.82, 2.24) is 9.97 Å². The van der Waals surface area contributed by atoms with Crippen LogP contribution in [0, 0.1) is 6.92 Å². The second-order valence-corrected chi connectivity index (χ2v) is 7.06. The first-order valence-corrected chi connectivity index (χ1v) is 7.90. The maximum Gasteiger partial charge on any atom is 0.136 e. The van der Waals surface area contributed by atoms with Crippen molar-refractivity contribution < 1.29 is 0 Å². The molecule has 0 saturated heterocycles. The predicted molar refractivity (Wildman–Crippen MR) is 91.8 cm³/mol. The fourth-order valence-electron chi connectivity index (χ4n) is 2.34. The van der Waals surface area contributed by atoms with Gasteiger partial charge >= 0.3 is 0 Å². The Bertz CT molecular complexity index is 652. The van der Waals surface area contributed by atoms with Crippen molar-refractivity contribution in [2.24, 2.45) is 0 Å². The van der Waals surface area contributed by atoms with Gasteiger partial charge in [0, 0.05) is 17.8 Å². The zero-order valence-electron chi connectivity index (χ0n) is 13.8. The van der Waals surface area contributed by atoms with Crippen LogP contribution in [0.1, 0.15) is 45.0 Å². The summed E-state index contributed by atoms with van der Waals surface area (Å²) in [4.78, 5) is 8.91. The zero-order chi connectivity index (χ0) is 15.7. The number of aryl methyl sites for hydroxylation is 1. The highest BCUT2D eigenvalue weighted by molar-refractivity contribution is 5.60. The van der Waals surface area contributed by atoms with E-state index < -0.39 is 0 Å². The van der Waals surface area contributed by atoms with Gasteiger partial charge in [0.05, 0.1) is 0 Å². The van der Waals surface area contributed by atoms with E-state index in [2.05, 4.69) is 65.6 Å². The van der Waals surface area contributed by atoms with Gasteiger partial charge in [-0.25, -0.2) is 9.97 Å². The molecule has 0 atom stereocenters. The molecule has 116 valence electrons. The van der Waals surface area contributed by atoms with E-state index >= 15 is 0 Å². The first kappa shape index (κ1) is 14.8. The minimum atomic E-state index is 0.172. The van der Waals surface area contributed by atoms with Crippen LogP contribution in [-0.4, -0.2) is 16.0 Å². The number of rotatable bonds is 4. The van der Waals surface area contributed by atoms with Crippen LogP contribution < -0.4 is 10.6 Å². The van der Waals surface area contributed by atoms with Gasteiger partial charge in [-0.05, 0) is 42.9 Å². The van der Waals surface area contributed by atoms with Crippen LogP contribution in [-0.2, 0) is 5.41 Å². The van der Waals surface area contributed by atoms with Gasteiger partial charge in [-0.15, -0.1) is 0 Å². The number of nitrogens with one attached hydrogen (secondary N) is 2. The zero-order valence-corrected chi connectivity index (χ0v) is 13.8. The Kier molecular flexibility index (Phi) is 3.77. The average Bonchev–Trinajstić information content (AvgIpc) is 3.21. The van der Waals surface area contributed by atoms with E-state index in [4.69, 9.17) is 0 Å². The van der Waals surface area contributed by atoms with Gasteiger partial charge in [0.15, 0.2) is 0 Å². The first-order valence-electron chi connectivity index (χ1n) is 7.90. The van der Waals surface area contributed by atoms with Crippen molar-refractivity contribution in [3.8, 4) is 0 Å². The highest BCUT2D eigenvalue weighted by Crippen LogP contribution is 2.27. The summed E-state index contributed by atoms with van der Waals surface area (Å²) >= 11 is 0. The van der Waals surface area contributed by atoms with Crippen molar-refractivity contribution in [3.05, 3.63) is 41.7 Å². The second-order valence-electron chi connectivity index (χ2n) is 7.06. The summed E-state index contributed by atoms with van der Waals surface area (Å²) in [6.07, 6.45) is 2.47. The van der Waals surface area contributed by atoms with Crippen LogP contribution in [0.3, 0.4) is 0 Å². The van der Waals surface area contributed by atoms with Crippen molar-refractivity contribution in [2.45, 2.75) is 52.0 Å². The number of anilines is 3. The number of nitrogens with zero attached hydrogens (tertiary/aromatic N) is 2. The minimum Gasteiger partial charge on any atom is -0.367 e. The fourth-order valence-corrected chi connectivity index (χ4v) is 2.34. The van der Waals surface area contributed by atoms with E-state index in [1.54, 1.807) is 0 Å².